The second kappa shape index (κ2) is 3.44. The van der Waals surface area contributed by atoms with Crippen LogP contribution in [0.3, 0.4) is 0 Å². The Morgan fingerprint density at radius 2 is 1.87 bits per heavy atom. The van der Waals surface area contributed by atoms with E-state index in [4.69, 9.17) is 4.74 Å². The van der Waals surface area contributed by atoms with Crippen molar-refractivity contribution in [2.24, 2.45) is 17.8 Å². The summed E-state index contributed by atoms with van der Waals surface area (Å²) < 4.78 is 5.30. The van der Waals surface area contributed by atoms with Crippen molar-refractivity contribution in [3.63, 3.8) is 0 Å². The number of fused-ring (bicyclic) bond motifs is 1. The van der Waals surface area contributed by atoms with Crippen molar-refractivity contribution in [2.45, 2.75) is 25.4 Å². The van der Waals surface area contributed by atoms with Gasteiger partial charge in [0, 0.05) is 45.7 Å². The number of rotatable bonds is 2. The Balaban J connectivity index is 1.53. The summed E-state index contributed by atoms with van der Waals surface area (Å²) in [4.78, 5) is 2.46. The van der Waals surface area contributed by atoms with Gasteiger partial charge in [0.1, 0.15) is 0 Å². The molecule has 2 heterocycles. The molecule has 2 aliphatic heterocycles. The molecule has 0 aromatic carbocycles. The Hall–Kier alpha value is -0.120. The maximum atomic E-state index is 10.4. The lowest BCUT2D eigenvalue weighted by Gasteiger charge is -2.36. The van der Waals surface area contributed by atoms with Gasteiger partial charge in [-0.25, -0.2) is 0 Å². The van der Waals surface area contributed by atoms with Gasteiger partial charge in [-0.3, -0.25) is 4.90 Å². The quantitative estimate of drug-likeness (QED) is 0.731. The predicted octanol–water partition coefficient (Wildman–Crippen LogP) is 0.726. The summed E-state index contributed by atoms with van der Waals surface area (Å²) in [6, 6.07) is 0. The standard InChI is InChI=1S/C12H21NO2/c1-9-10-6-13(7-11(9)10)8-12(14)2-4-15-5-3-12/h9-11,14H,2-8H2,1H3. The van der Waals surface area contributed by atoms with Gasteiger partial charge in [0.25, 0.3) is 0 Å². The van der Waals surface area contributed by atoms with Crippen molar-refractivity contribution in [1.29, 1.82) is 0 Å². The smallest absolute Gasteiger partial charge is 0.0817 e. The first-order chi connectivity index (χ1) is 7.18. The Morgan fingerprint density at radius 1 is 1.27 bits per heavy atom. The highest BCUT2D eigenvalue weighted by Crippen LogP contribution is 2.51. The first kappa shape index (κ1) is 10.1. The van der Waals surface area contributed by atoms with Crippen LogP contribution >= 0.6 is 0 Å². The van der Waals surface area contributed by atoms with Crippen LogP contribution in [-0.4, -0.2) is 48.5 Å². The van der Waals surface area contributed by atoms with E-state index in [2.05, 4.69) is 11.8 Å². The summed E-state index contributed by atoms with van der Waals surface area (Å²) >= 11 is 0. The van der Waals surface area contributed by atoms with Crippen molar-refractivity contribution >= 4 is 0 Å². The average molecular weight is 211 g/mol. The molecule has 15 heavy (non-hydrogen) atoms. The van der Waals surface area contributed by atoms with Crippen LogP contribution in [0.1, 0.15) is 19.8 Å². The molecule has 0 amide bonds. The van der Waals surface area contributed by atoms with Crippen LogP contribution in [0.4, 0.5) is 0 Å². The number of nitrogens with zero attached hydrogens (tertiary/aromatic N) is 1. The fraction of sp³-hybridized carbons (Fsp3) is 1.00. The fourth-order valence-corrected chi connectivity index (χ4v) is 3.37. The van der Waals surface area contributed by atoms with Gasteiger partial charge >= 0.3 is 0 Å². The first-order valence-corrected chi connectivity index (χ1v) is 6.20. The van der Waals surface area contributed by atoms with Crippen LogP contribution < -0.4 is 0 Å². The van der Waals surface area contributed by atoms with E-state index < -0.39 is 5.60 Å². The third kappa shape index (κ3) is 1.81. The van der Waals surface area contributed by atoms with Gasteiger partial charge in [-0.15, -0.1) is 0 Å². The lowest BCUT2D eigenvalue weighted by Crippen LogP contribution is -2.46. The Labute approximate surface area is 91.4 Å². The zero-order valence-corrected chi connectivity index (χ0v) is 9.48. The summed E-state index contributed by atoms with van der Waals surface area (Å²) in [5.74, 6) is 2.83. The van der Waals surface area contributed by atoms with Crippen molar-refractivity contribution in [2.75, 3.05) is 32.8 Å². The average Bonchev–Trinajstić information content (AvgIpc) is 2.62. The number of aliphatic hydroxyl groups is 1. The molecule has 1 N–H and O–H groups in total. The SMILES string of the molecule is CC1C2CN(CC3(O)CCOCC3)CC12. The molecule has 1 saturated carbocycles. The van der Waals surface area contributed by atoms with Crippen molar-refractivity contribution in [3.05, 3.63) is 0 Å². The lowest BCUT2D eigenvalue weighted by atomic mass is 9.94. The molecule has 2 atom stereocenters. The number of likely N-dealkylation sites (tertiary alicyclic amines) is 1. The van der Waals surface area contributed by atoms with Crippen LogP contribution in [-0.2, 0) is 4.74 Å². The number of hydrogen-bond donors (Lipinski definition) is 1. The van der Waals surface area contributed by atoms with Gasteiger partial charge < -0.3 is 9.84 Å². The number of hydrogen-bond acceptors (Lipinski definition) is 3. The Morgan fingerprint density at radius 3 is 2.47 bits per heavy atom. The summed E-state index contributed by atoms with van der Waals surface area (Å²) in [5.41, 5.74) is -0.460. The molecule has 3 heteroatoms. The van der Waals surface area contributed by atoms with E-state index in [0.29, 0.717) is 0 Å². The van der Waals surface area contributed by atoms with E-state index in [1.54, 1.807) is 0 Å². The van der Waals surface area contributed by atoms with Gasteiger partial charge in [-0.1, -0.05) is 6.92 Å². The molecular formula is C12H21NO2. The lowest BCUT2D eigenvalue weighted by molar-refractivity contribution is -0.0787. The van der Waals surface area contributed by atoms with Gasteiger partial charge in [-0.2, -0.15) is 0 Å². The second-order valence-electron chi connectivity index (χ2n) is 5.72. The predicted molar refractivity (Wildman–Crippen MR) is 57.6 cm³/mol. The summed E-state index contributed by atoms with van der Waals surface area (Å²) in [6.45, 7) is 7.12. The van der Waals surface area contributed by atoms with E-state index in [-0.39, 0.29) is 0 Å². The largest absolute Gasteiger partial charge is 0.388 e. The molecule has 2 unspecified atom stereocenters. The zero-order valence-electron chi connectivity index (χ0n) is 9.48. The molecule has 2 saturated heterocycles. The number of β-amino-alcohol motifs (C(OH)–C–C–N with tert-alkyl or cyclic N) is 1. The molecule has 0 aromatic heterocycles. The highest BCUT2D eigenvalue weighted by molar-refractivity contribution is 5.04. The fourth-order valence-electron chi connectivity index (χ4n) is 3.37. The molecule has 1 aliphatic carbocycles. The van der Waals surface area contributed by atoms with Gasteiger partial charge in [0.15, 0.2) is 0 Å². The number of ether oxygens (including phenoxy) is 1. The van der Waals surface area contributed by atoms with Gasteiger partial charge in [0.05, 0.1) is 5.60 Å². The molecule has 86 valence electrons. The van der Waals surface area contributed by atoms with Crippen LogP contribution in [0, 0.1) is 17.8 Å². The maximum absolute atomic E-state index is 10.4. The minimum atomic E-state index is -0.460. The van der Waals surface area contributed by atoms with Crippen LogP contribution in [0.5, 0.6) is 0 Å². The molecular weight excluding hydrogens is 190 g/mol. The summed E-state index contributed by atoms with van der Waals surface area (Å²) in [7, 11) is 0. The van der Waals surface area contributed by atoms with Crippen LogP contribution in [0.2, 0.25) is 0 Å². The van der Waals surface area contributed by atoms with E-state index in [0.717, 1.165) is 50.4 Å². The second-order valence-corrected chi connectivity index (χ2v) is 5.72. The Bertz CT molecular complexity index is 238. The molecule has 0 aromatic rings. The first-order valence-electron chi connectivity index (χ1n) is 6.20. The van der Waals surface area contributed by atoms with Crippen LogP contribution in [0.25, 0.3) is 0 Å². The highest BCUT2D eigenvalue weighted by Gasteiger charge is 2.53. The minimum Gasteiger partial charge on any atom is -0.388 e. The number of piperidine rings is 1. The van der Waals surface area contributed by atoms with Crippen molar-refractivity contribution in [1.82, 2.24) is 4.90 Å². The maximum Gasteiger partial charge on any atom is 0.0817 e. The minimum absolute atomic E-state index is 0.460. The van der Waals surface area contributed by atoms with Crippen LogP contribution in [0.15, 0.2) is 0 Å². The molecule has 0 radical (unpaired) electrons. The molecule has 0 spiro atoms. The summed E-state index contributed by atoms with van der Waals surface area (Å²) in [6.07, 6.45) is 1.63. The molecule has 0 bridgehead atoms. The monoisotopic (exact) mass is 211 g/mol. The zero-order chi connectivity index (χ0) is 10.5. The highest BCUT2D eigenvalue weighted by atomic mass is 16.5. The van der Waals surface area contributed by atoms with E-state index >= 15 is 0 Å². The van der Waals surface area contributed by atoms with Crippen molar-refractivity contribution < 1.29 is 9.84 Å². The van der Waals surface area contributed by atoms with E-state index in [9.17, 15) is 5.11 Å². The third-order valence-corrected chi connectivity index (χ3v) is 4.64. The molecule has 3 fully saturated rings. The molecule has 3 aliphatic rings. The van der Waals surface area contributed by atoms with E-state index in [1.807, 2.05) is 0 Å². The Kier molecular flexibility index (Phi) is 2.31. The van der Waals surface area contributed by atoms with Gasteiger partial charge in [0.2, 0.25) is 0 Å². The normalized spacial score (nSPS) is 44.0. The topological polar surface area (TPSA) is 32.7 Å². The van der Waals surface area contributed by atoms with E-state index in [1.165, 1.54) is 13.1 Å². The third-order valence-electron chi connectivity index (χ3n) is 4.64. The molecule has 3 rings (SSSR count). The van der Waals surface area contributed by atoms with Gasteiger partial charge in [-0.05, 0) is 17.8 Å². The molecule has 3 nitrogen and oxygen atoms in total. The van der Waals surface area contributed by atoms with Crippen molar-refractivity contribution in [3.8, 4) is 0 Å². The summed E-state index contributed by atoms with van der Waals surface area (Å²) in [5, 5.41) is 10.4.